The molecular weight excluding hydrogens is 362 g/mol. The number of nitrogens with one attached hydrogen (secondary N) is 2. The molecule has 1 aliphatic heterocycles. The van der Waals surface area contributed by atoms with E-state index in [0.29, 0.717) is 25.6 Å². The Hall–Kier alpha value is -2.30. The van der Waals surface area contributed by atoms with Crippen LogP contribution in [0.1, 0.15) is 62.5 Å². The number of likely N-dealkylation sites (tertiary alicyclic amines) is 1. The van der Waals surface area contributed by atoms with Crippen LogP contribution in [-0.2, 0) is 16.0 Å². The van der Waals surface area contributed by atoms with E-state index in [1.54, 1.807) is 0 Å². The van der Waals surface area contributed by atoms with E-state index in [-0.39, 0.29) is 17.7 Å². The molecule has 1 unspecified atom stereocenters. The Balaban J connectivity index is 1.31. The van der Waals surface area contributed by atoms with Gasteiger partial charge in [-0.3, -0.25) is 9.59 Å². The number of H-pyrrole nitrogens is 1. The second-order valence-electron chi connectivity index (χ2n) is 8.90. The van der Waals surface area contributed by atoms with Gasteiger partial charge >= 0.3 is 0 Å². The smallest absolute Gasteiger partial charge is 0.225 e. The molecule has 1 aromatic heterocycles. The monoisotopic (exact) mass is 395 g/mol. The second-order valence-corrected chi connectivity index (χ2v) is 8.90. The zero-order chi connectivity index (χ0) is 20.2. The third-order valence-corrected chi connectivity index (χ3v) is 6.61. The standard InChI is InChI=1S/C24H33N3O2/c1-17-9-10-22-21(13-17)18(15-25-22)11-12-27-16-19(14-23(27)28)24(29)26-20-7-5-3-2-4-6-8-20/h9-10,13,15,19-20,25H,2-8,11-12,14,16H2,1H3,(H,26,29). The molecular formula is C24H33N3O2. The van der Waals surface area contributed by atoms with Gasteiger partial charge in [0.2, 0.25) is 11.8 Å². The molecule has 2 fully saturated rings. The van der Waals surface area contributed by atoms with Crippen LogP contribution >= 0.6 is 0 Å². The Morgan fingerprint density at radius 3 is 2.72 bits per heavy atom. The average Bonchev–Trinajstić information content (AvgIpc) is 3.25. The SMILES string of the molecule is Cc1ccc2[nH]cc(CCN3CC(C(=O)NC4CCCCCCC4)CC3=O)c2c1. The van der Waals surface area contributed by atoms with Crippen molar-refractivity contribution in [2.24, 2.45) is 5.92 Å². The van der Waals surface area contributed by atoms with Crippen LogP contribution in [0.5, 0.6) is 0 Å². The molecule has 5 heteroatoms. The van der Waals surface area contributed by atoms with Crippen molar-refractivity contribution >= 4 is 22.7 Å². The van der Waals surface area contributed by atoms with Gasteiger partial charge in [-0.05, 0) is 43.9 Å². The van der Waals surface area contributed by atoms with Gasteiger partial charge in [0, 0.05) is 42.7 Å². The zero-order valence-electron chi connectivity index (χ0n) is 17.5. The van der Waals surface area contributed by atoms with Gasteiger partial charge in [-0.2, -0.15) is 0 Å². The number of rotatable bonds is 5. The van der Waals surface area contributed by atoms with Gasteiger partial charge < -0.3 is 15.2 Å². The Bertz CT molecular complexity index is 864. The zero-order valence-corrected chi connectivity index (χ0v) is 17.5. The summed E-state index contributed by atoms with van der Waals surface area (Å²) in [7, 11) is 0. The fourth-order valence-electron chi connectivity index (χ4n) is 4.84. The maximum Gasteiger partial charge on any atom is 0.225 e. The highest BCUT2D eigenvalue weighted by Gasteiger charge is 2.34. The van der Waals surface area contributed by atoms with Crippen molar-refractivity contribution in [2.75, 3.05) is 13.1 Å². The molecule has 0 spiro atoms. The molecule has 0 radical (unpaired) electrons. The topological polar surface area (TPSA) is 65.2 Å². The molecule has 2 amide bonds. The third-order valence-electron chi connectivity index (χ3n) is 6.61. The second kappa shape index (κ2) is 9.02. The number of nitrogens with zero attached hydrogens (tertiary/aromatic N) is 1. The number of aromatic nitrogens is 1. The first kappa shape index (κ1) is 20.0. The molecule has 2 aromatic rings. The summed E-state index contributed by atoms with van der Waals surface area (Å²) in [6.45, 7) is 3.32. The largest absolute Gasteiger partial charge is 0.361 e. The lowest BCUT2D eigenvalue weighted by molar-refractivity contribution is -0.129. The Labute approximate surface area is 173 Å². The van der Waals surface area contributed by atoms with Gasteiger partial charge in [0.15, 0.2) is 0 Å². The molecule has 0 bridgehead atoms. The van der Waals surface area contributed by atoms with E-state index >= 15 is 0 Å². The fraction of sp³-hybridized carbons (Fsp3) is 0.583. The summed E-state index contributed by atoms with van der Waals surface area (Å²) in [5.74, 6) is -0.00821. The van der Waals surface area contributed by atoms with E-state index in [0.717, 1.165) is 24.8 Å². The highest BCUT2D eigenvalue weighted by Crippen LogP contribution is 2.24. The predicted molar refractivity (Wildman–Crippen MR) is 116 cm³/mol. The van der Waals surface area contributed by atoms with Crippen LogP contribution in [0.4, 0.5) is 0 Å². The molecule has 1 aliphatic carbocycles. The highest BCUT2D eigenvalue weighted by molar-refractivity contribution is 5.89. The van der Waals surface area contributed by atoms with E-state index < -0.39 is 0 Å². The molecule has 1 saturated heterocycles. The number of benzene rings is 1. The third kappa shape index (κ3) is 4.82. The lowest BCUT2D eigenvalue weighted by Gasteiger charge is -2.23. The normalized spacial score (nSPS) is 21.3. The summed E-state index contributed by atoms with van der Waals surface area (Å²) in [4.78, 5) is 30.4. The van der Waals surface area contributed by atoms with E-state index in [1.807, 2.05) is 11.1 Å². The highest BCUT2D eigenvalue weighted by atomic mass is 16.2. The van der Waals surface area contributed by atoms with Gasteiger partial charge in [0.1, 0.15) is 0 Å². The fourth-order valence-corrected chi connectivity index (χ4v) is 4.84. The minimum atomic E-state index is -0.196. The first-order valence-corrected chi connectivity index (χ1v) is 11.2. The summed E-state index contributed by atoms with van der Waals surface area (Å²) >= 11 is 0. The average molecular weight is 396 g/mol. The van der Waals surface area contributed by atoms with Crippen molar-refractivity contribution in [1.29, 1.82) is 0 Å². The molecule has 2 N–H and O–H groups in total. The molecule has 4 rings (SSSR count). The molecule has 156 valence electrons. The molecule has 29 heavy (non-hydrogen) atoms. The molecule has 1 saturated carbocycles. The molecule has 2 aliphatic rings. The van der Waals surface area contributed by atoms with Crippen LogP contribution in [-0.4, -0.2) is 40.8 Å². The van der Waals surface area contributed by atoms with Crippen LogP contribution in [0.25, 0.3) is 10.9 Å². The van der Waals surface area contributed by atoms with Gasteiger partial charge in [-0.15, -0.1) is 0 Å². The molecule has 2 heterocycles. The lowest BCUT2D eigenvalue weighted by Crippen LogP contribution is -2.40. The summed E-state index contributed by atoms with van der Waals surface area (Å²) in [5, 5.41) is 4.48. The summed E-state index contributed by atoms with van der Waals surface area (Å²) in [6, 6.07) is 6.69. The van der Waals surface area contributed by atoms with Crippen LogP contribution in [0.15, 0.2) is 24.4 Å². The van der Waals surface area contributed by atoms with Crippen LogP contribution in [0.3, 0.4) is 0 Å². The number of carbonyl (C=O) groups is 2. The minimum Gasteiger partial charge on any atom is -0.361 e. The number of hydrogen-bond donors (Lipinski definition) is 2. The van der Waals surface area contributed by atoms with Crippen LogP contribution in [0, 0.1) is 12.8 Å². The quantitative estimate of drug-likeness (QED) is 0.801. The number of hydrogen-bond acceptors (Lipinski definition) is 2. The summed E-state index contributed by atoms with van der Waals surface area (Å²) in [6.07, 6.45) is 11.6. The van der Waals surface area contributed by atoms with E-state index in [1.165, 1.54) is 48.6 Å². The number of aryl methyl sites for hydroxylation is 1. The summed E-state index contributed by atoms with van der Waals surface area (Å²) < 4.78 is 0. The van der Waals surface area contributed by atoms with Gasteiger partial charge in [0.25, 0.3) is 0 Å². The number of fused-ring (bicyclic) bond motifs is 1. The number of aromatic amines is 1. The first-order valence-electron chi connectivity index (χ1n) is 11.2. The number of amides is 2. The predicted octanol–water partition coefficient (Wildman–Crippen LogP) is 4.10. The molecule has 1 atom stereocenters. The molecule has 5 nitrogen and oxygen atoms in total. The first-order chi connectivity index (χ1) is 14.1. The van der Waals surface area contributed by atoms with E-state index in [9.17, 15) is 9.59 Å². The number of carbonyl (C=O) groups excluding carboxylic acids is 2. The van der Waals surface area contributed by atoms with E-state index in [4.69, 9.17) is 0 Å². The van der Waals surface area contributed by atoms with Crippen molar-refractivity contribution in [3.05, 3.63) is 35.5 Å². The van der Waals surface area contributed by atoms with Crippen molar-refractivity contribution in [2.45, 2.75) is 70.8 Å². The van der Waals surface area contributed by atoms with Crippen molar-refractivity contribution in [3.63, 3.8) is 0 Å². The Morgan fingerprint density at radius 1 is 1.17 bits per heavy atom. The minimum absolute atomic E-state index is 0.0779. The Kier molecular flexibility index (Phi) is 6.22. The summed E-state index contributed by atoms with van der Waals surface area (Å²) in [5.41, 5.74) is 3.61. The lowest BCUT2D eigenvalue weighted by atomic mass is 9.96. The maximum absolute atomic E-state index is 12.8. The molecule has 1 aromatic carbocycles. The van der Waals surface area contributed by atoms with Crippen molar-refractivity contribution in [3.8, 4) is 0 Å². The van der Waals surface area contributed by atoms with Crippen molar-refractivity contribution in [1.82, 2.24) is 15.2 Å². The Morgan fingerprint density at radius 2 is 1.93 bits per heavy atom. The van der Waals surface area contributed by atoms with Gasteiger partial charge in [0.05, 0.1) is 5.92 Å². The van der Waals surface area contributed by atoms with Gasteiger partial charge in [-0.1, -0.05) is 43.7 Å². The van der Waals surface area contributed by atoms with Crippen molar-refractivity contribution < 1.29 is 9.59 Å². The van der Waals surface area contributed by atoms with Crippen LogP contribution < -0.4 is 5.32 Å². The van der Waals surface area contributed by atoms with Crippen LogP contribution in [0.2, 0.25) is 0 Å². The van der Waals surface area contributed by atoms with Gasteiger partial charge in [-0.25, -0.2) is 0 Å². The van der Waals surface area contributed by atoms with E-state index in [2.05, 4.69) is 35.4 Å². The maximum atomic E-state index is 12.8.